The van der Waals surface area contributed by atoms with Crippen LogP contribution in [0.4, 0.5) is 5.69 Å². The van der Waals surface area contributed by atoms with Crippen molar-refractivity contribution >= 4 is 29.4 Å². The van der Waals surface area contributed by atoms with Crippen molar-refractivity contribution in [3.63, 3.8) is 0 Å². The van der Waals surface area contributed by atoms with E-state index in [1.54, 1.807) is 18.3 Å². The molecule has 0 aromatic heterocycles. The van der Waals surface area contributed by atoms with Crippen LogP contribution in [0.15, 0.2) is 59.3 Å². The van der Waals surface area contributed by atoms with Crippen molar-refractivity contribution in [2.24, 2.45) is 4.99 Å². The average Bonchev–Trinajstić information content (AvgIpc) is 3.28. The number of hydrogen-bond donors (Lipinski definition) is 1. The minimum Gasteiger partial charge on any atom is -0.492 e. The molecule has 1 amide bonds. The van der Waals surface area contributed by atoms with Crippen molar-refractivity contribution in [2.45, 2.75) is 26.2 Å². The highest BCUT2D eigenvalue weighted by molar-refractivity contribution is 6.07. The number of rotatable bonds is 8. The Morgan fingerprint density at radius 3 is 2.55 bits per heavy atom. The zero-order chi connectivity index (χ0) is 23.0. The molecule has 2 aromatic rings. The molecule has 1 saturated heterocycles. The van der Waals surface area contributed by atoms with Crippen molar-refractivity contribution in [1.29, 1.82) is 0 Å². The van der Waals surface area contributed by atoms with Gasteiger partial charge in [0.05, 0.1) is 12.8 Å². The van der Waals surface area contributed by atoms with Crippen LogP contribution in [0.2, 0.25) is 0 Å². The van der Waals surface area contributed by atoms with Gasteiger partial charge in [0.2, 0.25) is 0 Å². The maximum absolute atomic E-state index is 12.9. The highest BCUT2D eigenvalue weighted by Gasteiger charge is 2.19. The van der Waals surface area contributed by atoms with E-state index in [0.717, 1.165) is 36.5 Å². The molecule has 0 aliphatic carbocycles. The number of nitrogens with one attached hydrogen (secondary N) is 1. The Hall–Kier alpha value is -3.45. The van der Waals surface area contributed by atoms with Gasteiger partial charge in [-0.3, -0.25) is 19.5 Å². The first-order valence-electron chi connectivity index (χ1n) is 11.4. The highest BCUT2D eigenvalue weighted by atomic mass is 16.5. The third-order valence-electron chi connectivity index (χ3n) is 5.75. The molecule has 0 atom stereocenters. The van der Waals surface area contributed by atoms with Gasteiger partial charge in [0.15, 0.2) is 5.76 Å². The number of nitrogens with zero attached hydrogens (tertiary/aromatic N) is 2. The topological polar surface area (TPSA) is 80.2 Å². The molecule has 0 unspecified atom stereocenters. The number of hydrogen-bond acceptors (Lipinski definition) is 6. The molecular formula is C26H29N3O4. The average molecular weight is 448 g/mol. The van der Waals surface area contributed by atoms with Gasteiger partial charge < -0.3 is 14.8 Å². The van der Waals surface area contributed by atoms with Gasteiger partial charge in [0, 0.05) is 35.9 Å². The van der Waals surface area contributed by atoms with Crippen molar-refractivity contribution in [3.8, 4) is 5.75 Å². The summed E-state index contributed by atoms with van der Waals surface area (Å²) in [7, 11) is 0. The van der Waals surface area contributed by atoms with Gasteiger partial charge in [0.25, 0.3) is 5.91 Å². The SMILES string of the molecule is CC(=O)OC1=C(c2ccccc2NC(=O)c2ccc(OCCN3CCCCC3)cc2)CN=C1. The third-order valence-corrected chi connectivity index (χ3v) is 5.75. The van der Waals surface area contributed by atoms with E-state index in [9.17, 15) is 9.59 Å². The van der Waals surface area contributed by atoms with E-state index in [1.165, 1.54) is 26.2 Å². The zero-order valence-electron chi connectivity index (χ0n) is 18.9. The number of allylic oxidation sites excluding steroid dienone is 1. The summed E-state index contributed by atoms with van der Waals surface area (Å²) in [5, 5.41) is 2.97. The summed E-state index contributed by atoms with van der Waals surface area (Å²) >= 11 is 0. The summed E-state index contributed by atoms with van der Waals surface area (Å²) in [4.78, 5) is 30.9. The molecular weight excluding hydrogens is 418 g/mol. The lowest BCUT2D eigenvalue weighted by Gasteiger charge is -2.26. The van der Waals surface area contributed by atoms with E-state index in [0.29, 0.717) is 30.2 Å². The quantitative estimate of drug-likeness (QED) is 0.615. The molecule has 1 N–H and O–H groups in total. The number of amides is 1. The molecule has 2 aliphatic rings. The smallest absolute Gasteiger partial charge is 0.308 e. The Bertz CT molecular complexity index is 1050. The van der Waals surface area contributed by atoms with Crippen LogP contribution in [0.1, 0.15) is 42.1 Å². The van der Waals surface area contributed by atoms with Gasteiger partial charge in [-0.05, 0) is 56.3 Å². The van der Waals surface area contributed by atoms with Crippen LogP contribution >= 0.6 is 0 Å². The molecule has 172 valence electrons. The van der Waals surface area contributed by atoms with E-state index in [-0.39, 0.29) is 5.91 Å². The minimum absolute atomic E-state index is 0.226. The van der Waals surface area contributed by atoms with Gasteiger partial charge in [0.1, 0.15) is 12.4 Å². The molecule has 0 radical (unpaired) electrons. The van der Waals surface area contributed by atoms with Crippen molar-refractivity contribution in [1.82, 2.24) is 4.90 Å². The monoisotopic (exact) mass is 447 g/mol. The lowest BCUT2D eigenvalue weighted by molar-refractivity contribution is -0.136. The summed E-state index contributed by atoms with van der Waals surface area (Å²) in [5.74, 6) is 0.532. The Morgan fingerprint density at radius 1 is 1.03 bits per heavy atom. The van der Waals surface area contributed by atoms with E-state index < -0.39 is 5.97 Å². The number of likely N-dealkylation sites (tertiary alicyclic amines) is 1. The first-order valence-corrected chi connectivity index (χ1v) is 11.4. The fourth-order valence-corrected chi connectivity index (χ4v) is 4.06. The second-order valence-electron chi connectivity index (χ2n) is 8.18. The van der Waals surface area contributed by atoms with Gasteiger partial charge in [-0.2, -0.15) is 0 Å². The highest BCUT2D eigenvalue weighted by Crippen LogP contribution is 2.30. The lowest BCUT2D eigenvalue weighted by atomic mass is 10.0. The molecule has 0 saturated carbocycles. The first kappa shape index (κ1) is 22.7. The Kier molecular flexibility index (Phi) is 7.52. The van der Waals surface area contributed by atoms with Crippen LogP contribution in [-0.4, -0.2) is 55.8 Å². The molecule has 2 aromatic carbocycles. The molecule has 7 heteroatoms. The third kappa shape index (κ3) is 6.08. The second-order valence-corrected chi connectivity index (χ2v) is 8.18. The van der Waals surface area contributed by atoms with Crippen molar-refractivity contribution < 1.29 is 19.1 Å². The summed E-state index contributed by atoms with van der Waals surface area (Å²) in [6, 6.07) is 14.6. The molecule has 4 rings (SSSR count). The maximum atomic E-state index is 12.9. The Morgan fingerprint density at radius 2 is 1.79 bits per heavy atom. The van der Waals surface area contributed by atoms with Crippen LogP contribution < -0.4 is 10.1 Å². The summed E-state index contributed by atoms with van der Waals surface area (Å²) in [6.07, 6.45) is 5.40. The zero-order valence-corrected chi connectivity index (χ0v) is 18.9. The van der Waals surface area contributed by atoms with E-state index in [4.69, 9.17) is 9.47 Å². The van der Waals surface area contributed by atoms with Crippen molar-refractivity contribution in [3.05, 3.63) is 65.4 Å². The van der Waals surface area contributed by atoms with Gasteiger partial charge in [-0.1, -0.05) is 24.6 Å². The van der Waals surface area contributed by atoms with Gasteiger partial charge in [-0.15, -0.1) is 0 Å². The van der Waals surface area contributed by atoms with Crippen LogP contribution in [-0.2, 0) is 9.53 Å². The number of piperidine rings is 1. The summed E-state index contributed by atoms with van der Waals surface area (Å²) < 4.78 is 11.1. The second kappa shape index (κ2) is 10.9. The fourth-order valence-electron chi connectivity index (χ4n) is 4.06. The number of para-hydroxylation sites is 1. The van der Waals surface area contributed by atoms with E-state index in [1.807, 2.05) is 36.4 Å². The molecule has 0 spiro atoms. The Balaban J connectivity index is 1.38. The predicted octanol–water partition coefficient (Wildman–Crippen LogP) is 4.16. The Labute approximate surface area is 194 Å². The van der Waals surface area contributed by atoms with Crippen LogP contribution in [0.5, 0.6) is 5.75 Å². The first-order chi connectivity index (χ1) is 16.1. The van der Waals surface area contributed by atoms with E-state index >= 15 is 0 Å². The fraction of sp³-hybridized carbons (Fsp3) is 0.346. The molecule has 2 aliphatic heterocycles. The van der Waals surface area contributed by atoms with Gasteiger partial charge >= 0.3 is 5.97 Å². The van der Waals surface area contributed by atoms with Crippen LogP contribution in [0.25, 0.3) is 5.57 Å². The molecule has 7 nitrogen and oxygen atoms in total. The van der Waals surface area contributed by atoms with E-state index in [2.05, 4.69) is 15.2 Å². The molecule has 1 fully saturated rings. The molecule has 33 heavy (non-hydrogen) atoms. The van der Waals surface area contributed by atoms with Gasteiger partial charge in [-0.25, -0.2) is 0 Å². The molecule has 2 heterocycles. The predicted molar refractivity (Wildman–Crippen MR) is 129 cm³/mol. The lowest BCUT2D eigenvalue weighted by Crippen LogP contribution is -2.33. The standard InChI is InChI=1S/C26H29N3O4/c1-19(30)33-25-18-27-17-23(25)22-7-3-4-8-24(22)28-26(31)20-9-11-21(12-10-20)32-16-15-29-13-5-2-6-14-29/h3-4,7-12,18H,2,5-6,13-17H2,1H3,(H,28,31). The minimum atomic E-state index is -0.407. The number of esters is 1. The number of aliphatic imine (C=N–C) groups is 1. The molecule has 0 bridgehead atoms. The number of ether oxygens (including phenoxy) is 2. The number of carbonyl (C=O) groups is 2. The maximum Gasteiger partial charge on any atom is 0.308 e. The largest absolute Gasteiger partial charge is 0.492 e. The summed E-state index contributed by atoms with van der Waals surface area (Å²) in [5.41, 5.74) is 2.70. The number of benzene rings is 2. The summed E-state index contributed by atoms with van der Waals surface area (Å²) in [6.45, 7) is 5.60. The normalized spacial score (nSPS) is 16.0. The van der Waals surface area contributed by atoms with Crippen LogP contribution in [0, 0.1) is 0 Å². The number of carbonyl (C=O) groups excluding carboxylic acids is 2. The number of anilines is 1. The van der Waals surface area contributed by atoms with Crippen molar-refractivity contribution in [2.75, 3.05) is 38.1 Å². The van der Waals surface area contributed by atoms with Crippen LogP contribution in [0.3, 0.4) is 0 Å².